The van der Waals surface area contributed by atoms with Crippen LogP contribution < -0.4 is 5.73 Å². The van der Waals surface area contributed by atoms with Crippen LogP contribution in [0.15, 0.2) is 16.7 Å². The molecule has 1 aromatic heterocycles. The van der Waals surface area contributed by atoms with Gasteiger partial charge in [0.05, 0.1) is 28.4 Å². The number of esters is 1. The van der Waals surface area contributed by atoms with Gasteiger partial charge >= 0.3 is 5.97 Å². The van der Waals surface area contributed by atoms with E-state index in [-0.39, 0.29) is 16.3 Å². The Hall–Kier alpha value is -1.04. The molecule has 0 aliphatic rings. The summed E-state index contributed by atoms with van der Waals surface area (Å²) >= 11 is 15.3. The van der Waals surface area contributed by atoms with Gasteiger partial charge in [-0.3, -0.25) is 4.98 Å². The van der Waals surface area contributed by atoms with E-state index in [2.05, 4.69) is 25.7 Å². The number of methoxy groups -OCH3 is 1. The monoisotopic (exact) mass is 348 g/mol. The number of fused-ring (bicyclic) bond motifs is 1. The number of nitrogens with zero attached hydrogens (tertiary/aromatic N) is 1. The van der Waals surface area contributed by atoms with E-state index in [1.54, 1.807) is 6.07 Å². The van der Waals surface area contributed by atoms with Crippen LogP contribution in [-0.2, 0) is 4.74 Å². The fourth-order valence-corrected chi connectivity index (χ4v) is 2.47. The molecule has 2 aromatic rings. The fraction of sp³-hybridized carbons (Fsp3) is 0.0909. The van der Waals surface area contributed by atoms with E-state index in [4.69, 9.17) is 28.9 Å². The Balaban J connectivity index is 2.84. The number of pyridine rings is 1. The average Bonchev–Trinajstić information content (AvgIpc) is 2.36. The minimum atomic E-state index is -0.552. The second-order valence-electron chi connectivity index (χ2n) is 3.46. The van der Waals surface area contributed by atoms with Gasteiger partial charge in [-0.25, -0.2) is 4.79 Å². The highest BCUT2D eigenvalue weighted by Gasteiger charge is 2.17. The van der Waals surface area contributed by atoms with Gasteiger partial charge in [-0.05, 0) is 22.0 Å². The molecular formula is C11H7BrCl2N2O2. The van der Waals surface area contributed by atoms with Crippen LogP contribution in [0.5, 0.6) is 0 Å². The van der Waals surface area contributed by atoms with Crippen molar-refractivity contribution in [2.45, 2.75) is 0 Å². The van der Waals surface area contributed by atoms with Gasteiger partial charge in [0, 0.05) is 16.1 Å². The lowest BCUT2D eigenvalue weighted by Gasteiger charge is -2.09. The Morgan fingerprint density at radius 3 is 2.72 bits per heavy atom. The summed E-state index contributed by atoms with van der Waals surface area (Å²) in [6.07, 6.45) is 1.32. The molecule has 0 spiro atoms. The lowest BCUT2D eigenvalue weighted by atomic mass is 10.1. The minimum absolute atomic E-state index is 0.190. The molecule has 0 aliphatic carbocycles. The predicted octanol–water partition coefficient (Wildman–Crippen LogP) is 3.67. The molecule has 0 unspecified atom stereocenters. The Labute approximate surface area is 121 Å². The van der Waals surface area contributed by atoms with Gasteiger partial charge in [0.15, 0.2) is 0 Å². The van der Waals surface area contributed by atoms with Crippen molar-refractivity contribution in [3.05, 3.63) is 32.3 Å². The molecule has 7 heteroatoms. The summed E-state index contributed by atoms with van der Waals surface area (Å²) in [5.41, 5.74) is 6.81. The highest BCUT2D eigenvalue weighted by molar-refractivity contribution is 9.10. The van der Waals surface area contributed by atoms with Crippen molar-refractivity contribution < 1.29 is 9.53 Å². The number of nitrogens with two attached hydrogens (primary N) is 1. The number of carbonyl (C=O) groups excluding carboxylic acids is 1. The van der Waals surface area contributed by atoms with Crippen molar-refractivity contribution in [1.29, 1.82) is 0 Å². The number of ether oxygens (including phenoxy) is 1. The van der Waals surface area contributed by atoms with Crippen molar-refractivity contribution in [2.75, 3.05) is 12.8 Å². The summed E-state index contributed by atoms with van der Waals surface area (Å²) < 4.78 is 5.20. The SMILES string of the molecule is COC(=O)c1cnc2c(Cl)c(Cl)c(Br)cc2c1N. The van der Waals surface area contributed by atoms with E-state index in [9.17, 15) is 4.79 Å². The minimum Gasteiger partial charge on any atom is -0.465 e. The summed E-state index contributed by atoms with van der Waals surface area (Å²) in [5.74, 6) is -0.552. The fourth-order valence-electron chi connectivity index (χ4n) is 1.53. The summed E-state index contributed by atoms with van der Waals surface area (Å²) in [5, 5.41) is 1.17. The summed E-state index contributed by atoms with van der Waals surface area (Å²) in [7, 11) is 1.27. The maximum Gasteiger partial charge on any atom is 0.341 e. The van der Waals surface area contributed by atoms with E-state index in [1.807, 2.05) is 0 Å². The lowest BCUT2D eigenvalue weighted by molar-refractivity contribution is 0.0601. The number of halogens is 3. The molecule has 0 fully saturated rings. The number of anilines is 1. The van der Waals surface area contributed by atoms with Crippen LogP contribution in [0.1, 0.15) is 10.4 Å². The predicted molar refractivity (Wildman–Crippen MR) is 75.2 cm³/mol. The highest BCUT2D eigenvalue weighted by Crippen LogP contribution is 2.38. The van der Waals surface area contributed by atoms with Gasteiger partial charge in [0.2, 0.25) is 0 Å². The number of hydrogen-bond acceptors (Lipinski definition) is 4. The van der Waals surface area contributed by atoms with Crippen molar-refractivity contribution in [2.24, 2.45) is 0 Å². The zero-order valence-corrected chi connectivity index (χ0v) is 12.2. The summed E-state index contributed by atoms with van der Waals surface area (Å²) in [4.78, 5) is 15.6. The largest absolute Gasteiger partial charge is 0.465 e. The average molecular weight is 350 g/mol. The number of rotatable bonds is 1. The molecule has 1 aromatic carbocycles. The van der Waals surface area contributed by atoms with Crippen LogP contribution in [0.25, 0.3) is 10.9 Å². The molecule has 0 saturated carbocycles. The van der Waals surface area contributed by atoms with Gasteiger partial charge in [-0.15, -0.1) is 0 Å². The number of hydrogen-bond donors (Lipinski definition) is 1. The van der Waals surface area contributed by atoms with Crippen LogP contribution in [0, 0.1) is 0 Å². The van der Waals surface area contributed by atoms with Crippen LogP contribution in [0.4, 0.5) is 5.69 Å². The topological polar surface area (TPSA) is 65.2 Å². The number of carbonyl (C=O) groups is 1. The third-order valence-electron chi connectivity index (χ3n) is 2.44. The van der Waals surface area contributed by atoms with Gasteiger partial charge in [0.1, 0.15) is 5.56 Å². The Bertz CT molecular complexity index is 661. The summed E-state index contributed by atoms with van der Waals surface area (Å²) in [6.45, 7) is 0. The van der Waals surface area contributed by atoms with Crippen molar-refractivity contribution >= 4 is 61.7 Å². The molecule has 0 bridgehead atoms. The molecule has 1 heterocycles. The molecule has 0 saturated heterocycles. The van der Waals surface area contributed by atoms with Crippen molar-refractivity contribution in [1.82, 2.24) is 4.98 Å². The first-order valence-electron chi connectivity index (χ1n) is 4.77. The third kappa shape index (κ3) is 2.02. The quantitative estimate of drug-likeness (QED) is 0.630. The van der Waals surface area contributed by atoms with Crippen LogP contribution in [0.2, 0.25) is 10.0 Å². The maximum absolute atomic E-state index is 11.5. The Morgan fingerprint density at radius 2 is 2.11 bits per heavy atom. The van der Waals surface area contributed by atoms with Crippen LogP contribution in [-0.4, -0.2) is 18.1 Å². The smallest absolute Gasteiger partial charge is 0.341 e. The molecular weight excluding hydrogens is 343 g/mol. The van der Waals surface area contributed by atoms with E-state index >= 15 is 0 Å². The summed E-state index contributed by atoms with van der Waals surface area (Å²) in [6, 6.07) is 1.66. The van der Waals surface area contributed by atoms with E-state index in [0.717, 1.165) is 0 Å². The maximum atomic E-state index is 11.5. The van der Waals surface area contributed by atoms with E-state index < -0.39 is 5.97 Å². The number of nitrogen functional groups attached to an aromatic ring is 1. The molecule has 0 radical (unpaired) electrons. The molecule has 18 heavy (non-hydrogen) atoms. The second-order valence-corrected chi connectivity index (χ2v) is 5.07. The molecule has 94 valence electrons. The first-order valence-corrected chi connectivity index (χ1v) is 6.32. The van der Waals surface area contributed by atoms with Gasteiger partial charge in [-0.2, -0.15) is 0 Å². The Kier molecular flexibility index (Phi) is 3.66. The Morgan fingerprint density at radius 1 is 1.44 bits per heavy atom. The molecule has 4 nitrogen and oxygen atoms in total. The van der Waals surface area contributed by atoms with Gasteiger partial charge in [-0.1, -0.05) is 23.2 Å². The molecule has 2 N–H and O–H groups in total. The van der Waals surface area contributed by atoms with Gasteiger partial charge in [0.25, 0.3) is 0 Å². The van der Waals surface area contributed by atoms with Crippen LogP contribution in [0.3, 0.4) is 0 Å². The van der Waals surface area contributed by atoms with E-state index in [0.29, 0.717) is 20.4 Å². The van der Waals surface area contributed by atoms with Crippen molar-refractivity contribution in [3.63, 3.8) is 0 Å². The molecule has 0 aliphatic heterocycles. The van der Waals surface area contributed by atoms with Crippen molar-refractivity contribution in [3.8, 4) is 0 Å². The number of benzene rings is 1. The second kappa shape index (κ2) is 4.91. The lowest BCUT2D eigenvalue weighted by Crippen LogP contribution is -2.07. The highest BCUT2D eigenvalue weighted by atomic mass is 79.9. The zero-order valence-electron chi connectivity index (χ0n) is 9.13. The van der Waals surface area contributed by atoms with Crippen LogP contribution >= 0.6 is 39.1 Å². The van der Waals surface area contributed by atoms with Gasteiger partial charge < -0.3 is 10.5 Å². The first kappa shape index (κ1) is 13.4. The normalized spacial score (nSPS) is 10.7. The third-order valence-corrected chi connectivity index (χ3v) is 4.16. The molecule has 0 amide bonds. The molecule has 2 rings (SSSR count). The zero-order chi connectivity index (χ0) is 13.4. The first-order chi connectivity index (χ1) is 8.47. The molecule has 0 atom stereocenters. The standard InChI is InChI=1S/C11H7BrCl2N2O2/c1-18-11(17)5-3-16-10-4(9(5)15)2-6(12)7(13)8(10)14/h2-3H,1H3,(H2,15,16). The number of aromatic nitrogens is 1. The van der Waals surface area contributed by atoms with E-state index in [1.165, 1.54) is 13.3 Å².